The number of rotatable bonds is 7. The van der Waals surface area contributed by atoms with Gasteiger partial charge in [0.05, 0.1) is 31.4 Å². The first-order chi connectivity index (χ1) is 17.2. The lowest BCUT2D eigenvalue weighted by atomic mass is 9.84. The number of aliphatic hydroxyl groups is 1. The van der Waals surface area contributed by atoms with Gasteiger partial charge in [-0.25, -0.2) is 0 Å². The fraction of sp³-hybridized carbons (Fsp3) is 0.448. The number of carbonyl (C=O) groups excluding carboxylic acids is 2. The van der Waals surface area contributed by atoms with Gasteiger partial charge in [0.1, 0.15) is 17.3 Å². The van der Waals surface area contributed by atoms with Crippen molar-refractivity contribution in [1.82, 2.24) is 4.90 Å². The molecule has 1 amide bonds. The van der Waals surface area contributed by atoms with Gasteiger partial charge in [-0.05, 0) is 61.1 Å². The van der Waals surface area contributed by atoms with E-state index in [1.807, 2.05) is 37.3 Å². The molecular formula is C29H35NO6. The maximum Gasteiger partial charge on any atom is 0.295 e. The molecule has 0 spiro atoms. The molecule has 2 heterocycles. The summed E-state index contributed by atoms with van der Waals surface area (Å²) in [6, 6.07) is 11.9. The number of benzene rings is 2. The Morgan fingerprint density at radius 2 is 1.94 bits per heavy atom. The van der Waals surface area contributed by atoms with Crippen LogP contribution in [0.5, 0.6) is 11.5 Å². The number of nitrogens with zero attached hydrogens (tertiary/aromatic N) is 1. The van der Waals surface area contributed by atoms with Gasteiger partial charge in [-0.2, -0.15) is 0 Å². The van der Waals surface area contributed by atoms with Crippen molar-refractivity contribution in [3.63, 3.8) is 0 Å². The molecule has 0 saturated carbocycles. The lowest BCUT2D eigenvalue weighted by Crippen LogP contribution is -2.36. The van der Waals surface area contributed by atoms with Crippen LogP contribution in [0.25, 0.3) is 5.76 Å². The molecule has 192 valence electrons. The Kier molecular flexibility index (Phi) is 7.41. The topological polar surface area (TPSA) is 85.3 Å². The Bertz CT molecular complexity index is 1170. The van der Waals surface area contributed by atoms with Gasteiger partial charge < -0.3 is 24.2 Å². The summed E-state index contributed by atoms with van der Waals surface area (Å²) in [6.07, 6.45) is 1.59. The molecule has 2 aliphatic heterocycles. The molecule has 2 fully saturated rings. The van der Waals surface area contributed by atoms with Crippen LogP contribution in [0.15, 0.2) is 48.0 Å². The number of likely N-dealkylation sites (tertiary alicyclic amines) is 1. The normalized spacial score (nSPS) is 21.8. The van der Waals surface area contributed by atoms with E-state index in [0.717, 1.165) is 18.4 Å². The molecule has 2 atom stereocenters. The number of aliphatic hydroxyl groups excluding tert-OH is 1. The molecule has 2 aliphatic rings. The van der Waals surface area contributed by atoms with Crippen molar-refractivity contribution in [1.29, 1.82) is 0 Å². The molecular weight excluding hydrogens is 458 g/mol. The predicted molar refractivity (Wildman–Crippen MR) is 137 cm³/mol. The van der Waals surface area contributed by atoms with Crippen LogP contribution in [-0.2, 0) is 19.7 Å². The molecule has 1 N–H and O–H groups in total. The van der Waals surface area contributed by atoms with Crippen molar-refractivity contribution in [2.45, 2.75) is 58.1 Å². The summed E-state index contributed by atoms with van der Waals surface area (Å²) in [6.45, 7) is 9.45. The number of amides is 1. The van der Waals surface area contributed by atoms with Crippen molar-refractivity contribution >= 4 is 17.4 Å². The van der Waals surface area contributed by atoms with Gasteiger partial charge in [-0.1, -0.05) is 32.9 Å². The van der Waals surface area contributed by atoms with E-state index in [0.29, 0.717) is 35.8 Å². The minimum atomic E-state index is -0.755. The van der Waals surface area contributed by atoms with E-state index in [9.17, 15) is 14.7 Å². The monoisotopic (exact) mass is 493 g/mol. The quantitative estimate of drug-likeness (QED) is 0.332. The van der Waals surface area contributed by atoms with Crippen molar-refractivity contribution in [3.05, 3.63) is 64.7 Å². The van der Waals surface area contributed by atoms with Crippen LogP contribution >= 0.6 is 0 Å². The largest absolute Gasteiger partial charge is 0.507 e. The van der Waals surface area contributed by atoms with Gasteiger partial charge in [-0.15, -0.1) is 0 Å². The molecule has 36 heavy (non-hydrogen) atoms. The zero-order valence-corrected chi connectivity index (χ0v) is 21.7. The zero-order valence-electron chi connectivity index (χ0n) is 21.7. The molecule has 0 radical (unpaired) electrons. The average molecular weight is 494 g/mol. The third-order valence-electron chi connectivity index (χ3n) is 6.73. The maximum absolute atomic E-state index is 13.4. The van der Waals surface area contributed by atoms with Gasteiger partial charge in [0.15, 0.2) is 0 Å². The van der Waals surface area contributed by atoms with E-state index in [2.05, 4.69) is 20.8 Å². The summed E-state index contributed by atoms with van der Waals surface area (Å²) >= 11 is 0. The van der Waals surface area contributed by atoms with Gasteiger partial charge in [0, 0.05) is 24.3 Å². The number of methoxy groups -OCH3 is 1. The van der Waals surface area contributed by atoms with Crippen molar-refractivity contribution in [2.24, 2.45) is 0 Å². The second-order valence-corrected chi connectivity index (χ2v) is 10.3. The van der Waals surface area contributed by atoms with Gasteiger partial charge in [0.2, 0.25) is 0 Å². The van der Waals surface area contributed by atoms with Crippen LogP contribution < -0.4 is 9.47 Å². The van der Waals surface area contributed by atoms with Crippen molar-refractivity contribution < 1.29 is 28.9 Å². The highest BCUT2D eigenvalue weighted by Crippen LogP contribution is 2.42. The summed E-state index contributed by atoms with van der Waals surface area (Å²) in [5.41, 5.74) is 1.85. The van der Waals surface area contributed by atoms with Crippen LogP contribution in [-0.4, -0.2) is 54.7 Å². The molecule has 4 rings (SSSR count). The molecule has 2 aromatic carbocycles. The fourth-order valence-corrected chi connectivity index (χ4v) is 4.96. The molecule has 0 bridgehead atoms. The zero-order chi connectivity index (χ0) is 26.0. The van der Waals surface area contributed by atoms with E-state index in [4.69, 9.17) is 14.2 Å². The van der Waals surface area contributed by atoms with E-state index >= 15 is 0 Å². The van der Waals surface area contributed by atoms with Crippen LogP contribution in [0.1, 0.15) is 63.3 Å². The Morgan fingerprint density at radius 1 is 1.17 bits per heavy atom. The first kappa shape index (κ1) is 25.8. The number of carbonyl (C=O) groups is 2. The smallest absolute Gasteiger partial charge is 0.295 e. The highest BCUT2D eigenvalue weighted by Gasteiger charge is 2.47. The number of Topliss-reactive ketones (excluding diaryl/α,β-unsaturated/α-hetero) is 1. The van der Waals surface area contributed by atoms with E-state index in [1.54, 1.807) is 19.2 Å². The Labute approximate surface area is 212 Å². The third-order valence-corrected chi connectivity index (χ3v) is 6.73. The molecule has 2 saturated heterocycles. The van der Waals surface area contributed by atoms with E-state index < -0.39 is 17.7 Å². The molecule has 0 aromatic heterocycles. The SMILES string of the molecule is CCOc1cccc(C2/C(=C(\O)c3ccc(OC)c(C(C)(C)C)c3)C(=O)C(=O)N2CC2CCCO2)c1. The standard InChI is InChI=1S/C29H35NO6/c1-6-35-20-10-7-9-18(15-20)25-24(27(32)28(33)30(25)17-21-11-8-14-36-21)26(31)19-12-13-23(34-5)22(16-19)29(2,3)4/h7,9-10,12-13,15-16,21,25,31H,6,8,11,14,17H2,1-5H3/b26-24+. The van der Waals surface area contributed by atoms with Crippen molar-refractivity contribution in [2.75, 3.05) is 26.9 Å². The van der Waals surface area contributed by atoms with Gasteiger partial charge in [0.25, 0.3) is 11.7 Å². The third kappa shape index (κ3) is 4.98. The molecule has 7 heteroatoms. The highest BCUT2D eigenvalue weighted by atomic mass is 16.5. The van der Waals surface area contributed by atoms with Crippen LogP contribution in [0.4, 0.5) is 0 Å². The lowest BCUT2D eigenvalue weighted by molar-refractivity contribution is -0.140. The minimum absolute atomic E-state index is 0.0664. The summed E-state index contributed by atoms with van der Waals surface area (Å²) in [7, 11) is 1.60. The highest BCUT2D eigenvalue weighted by molar-refractivity contribution is 6.46. The first-order valence-corrected chi connectivity index (χ1v) is 12.5. The molecule has 7 nitrogen and oxygen atoms in total. The van der Waals surface area contributed by atoms with Gasteiger partial charge >= 0.3 is 0 Å². The summed E-state index contributed by atoms with van der Waals surface area (Å²) in [4.78, 5) is 28.2. The van der Waals surface area contributed by atoms with E-state index in [-0.39, 0.29) is 29.4 Å². The molecule has 0 aliphatic carbocycles. The second kappa shape index (κ2) is 10.3. The molecule has 2 aromatic rings. The summed E-state index contributed by atoms with van der Waals surface area (Å²) in [5.74, 6) is -0.215. The summed E-state index contributed by atoms with van der Waals surface area (Å²) in [5, 5.41) is 11.5. The number of hydrogen-bond acceptors (Lipinski definition) is 6. The lowest BCUT2D eigenvalue weighted by Gasteiger charge is -2.28. The minimum Gasteiger partial charge on any atom is -0.507 e. The van der Waals surface area contributed by atoms with Crippen LogP contribution in [0.2, 0.25) is 0 Å². The Hall–Kier alpha value is -3.32. The average Bonchev–Trinajstić information content (AvgIpc) is 3.45. The summed E-state index contributed by atoms with van der Waals surface area (Å²) < 4.78 is 17.0. The number of ketones is 1. The molecule has 2 unspecified atom stereocenters. The Morgan fingerprint density at radius 3 is 2.58 bits per heavy atom. The van der Waals surface area contributed by atoms with Crippen molar-refractivity contribution in [3.8, 4) is 11.5 Å². The van der Waals surface area contributed by atoms with Crippen LogP contribution in [0.3, 0.4) is 0 Å². The van der Waals surface area contributed by atoms with Gasteiger partial charge in [-0.3, -0.25) is 9.59 Å². The Balaban J connectivity index is 1.86. The fourth-order valence-electron chi connectivity index (χ4n) is 4.96. The second-order valence-electron chi connectivity index (χ2n) is 10.3. The van der Waals surface area contributed by atoms with Crippen LogP contribution in [0, 0.1) is 0 Å². The maximum atomic E-state index is 13.4. The van der Waals surface area contributed by atoms with E-state index in [1.165, 1.54) is 4.90 Å². The number of hydrogen-bond donors (Lipinski definition) is 1. The number of ether oxygens (including phenoxy) is 3. The first-order valence-electron chi connectivity index (χ1n) is 12.5. The predicted octanol–water partition coefficient (Wildman–Crippen LogP) is 4.99.